The van der Waals surface area contributed by atoms with E-state index < -0.39 is 0 Å². The van der Waals surface area contributed by atoms with Crippen molar-refractivity contribution in [3.63, 3.8) is 0 Å². The summed E-state index contributed by atoms with van der Waals surface area (Å²) in [4.78, 5) is 20.9. The highest BCUT2D eigenvalue weighted by atomic mass is 16.1. The van der Waals surface area contributed by atoms with Crippen LogP contribution in [0, 0.1) is 6.92 Å². The topological polar surface area (TPSA) is 66.9 Å². The van der Waals surface area contributed by atoms with Crippen molar-refractivity contribution in [1.29, 1.82) is 0 Å². The number of anilines is 1. The molecule has 1 aromatic carbocycles. The third kappa shape index (κ3) is 4.77. The van der Waals surface area contributed by atoms with Crippen LogP contribution < -0.4 is 10.6 Å². The lowest BCUT2D eigenvalue weighted by Crippen LogP contribution is -2.32. The Labute approximate surface area is 137 Å². The SMILES string of the molecule is CCC(C)NC(=O)c1cc(NC(C)c2ccccc2)nc(C)n1. The predicted molar refractivity (Wildman–Crippen MR) is 92.5 cm³/mol. The van der Waals surface area contributed by atoms with Crippen molar-refractivity contribution < 1.29 is 4.79 Å². The molecular weight excluding hydrogens is 288 g/mol. The minimum Gasteiger partial charge on any atom is -0.363 e. The smallest absolute Gasteiger partial charge is 0.270 e. The van der Waals surface area contributed by atoms with Gasteiger partial charge in [0.2, 0.25) is 0 Å². The molecule has 0 spiro atoms. The maximum absolute atomic E-state index is 12.2. The molecule has 0 aliphatic heterocycles. The van der Waals surface area contributed by atoms with Gasteiger partial charge in [-0.2, -0.15) is 0 Å². The van der Waals surface area contributed by atoms with Crippen molar-refractivity contribution in [3.8, 4) is 0 Å². The Hall–Kier alpha value is -2.43. The molecule has 1 aromatic heterocycles. The van der Waals surface area contributed by atoms with Crippen LogP contribution in [0.1, 0.15) is 55.1 Å². The first-order valence-corrected chi connectivity index (χ1v) is 7.97. The summed E-state index contributed by atoms with van der Waals surface area (Å²) in [5.41, 5.74) is 1.55. The van der Waals surface area contributed by atoms with Gasteiger partial charge in [-0.05, 0) is 32.8 Å². The summed E-state index contributed by atoms with van der Waals surface area (Å²) in [7, 11) is 0. The van der Waals surface area contributed by atoms with E-state index >= 15 is 0 Å². The molecule has 0 saturated carbocycles. The standard InChI is InChI=1S/C18H24N4O/c1-5-12(2)19-18(23)16-11-17(22-14(4)21-16)20-13(3)15-9-7-6-8-10-15/h6-13H,5H2,1-4H3,(H,19,23)(H,20,21,22). The molecule has 0 saturated heterocycles. The number of rotatable bonds is 6. The number of aromatic nitrogens is 2. The van der Waals surface area contributed by atoms with Crippen molar-refractivity contribution in [1.82, 2.24) is 15.3 Å². The first-order valence-electron chi connectivity index (χ1n) is 7.97. The summed E-state index contributed by atoms with van der Waals surface area (Å²) in [5, 5.41) is 6.26. The summed E-state index contributed by atoms with van der Waals surface area (Å²) in [6.07, 6.45) is 0.881. The quantitative estimate of drug-likeness (QED) is 0.857. The lowest BCUT2D eigenvalue weighted by atomic mass is 10.1. The molecule has 1 heterocycles. The lowest BCUT2D eigenvalue weighted by molar-refractivity contribution is 0.0934. The van der Waals surface area contributed by atoms with E-state index in [1.165, 1.54) is 0 Å². The average molecular weight is 312 g/mol. The van der Waals surface area contributed by atoms with Crippen LogP contribution in [0.4, 0.5) is 5.82 Å². The number of hydrogen-bond acceptors (Lipinski definition) is 4. The van der Waals surface area contributed by atoms with Gasteiger partial charge in [0.15, 0.2) is 0 Å². The number of aryl methyl sites for hydroxylation is 1. The summed E-state index contributed by atoms with van der Waals surface area (Å²) in [5.74, 6) is 1.06. The number of hydrogen-bond donors (Lipinski definition) is 2. The van der Waals surface area contributed by atoms with Crippen LogP contribution in [-0.2, 0) is 0 Å². The van der Waals surface area contributed by atoms with Crippen molar-refractivity contribution in [3.05, 3.63) is 53.5 Å². The van der Waals surface area contributed by atoms with Crippen molar-refractivity contribution in [2.45, 2.75) is 46.2 Å². The fraction of sp³-hybridized carbons (Fsp3) is 0.389. The van der Waals surface area contributed by atoms with E-state index in [9.17, 15) is 4.79 Å². The molecule has 0 radical (unpaired) electrons. The van der Waals surface area contributed by atoms with Crippen LogP contribution in [-0.4, -0.2) is 21.9 Å². The molecule has 2 atom stereocenters. The highest BCUT2D eigenvalue weighted by molar-refractivity contribution is 5.93. The summed E-state index contributed by atoms with van der Waals surface area (Å²) < 4.78 is 0. The molecule has 0 aliphatic carbocycles. The molecule has 0 fully saturated rings. The fourth-order valence-electron chi connectivity index (χ4n) is 2.20. The highest BCUT2D eigenvalue weighted by Gasteiger charge is 2.13. The molecule has 5 heteroatoms. The average Bonchev–Trinajstić information content (AvgIpc) is 2.54. The van der Waals surface area contributed by atoms with Gasteiger partial charge in [-0.3, -0.25) is 4.79 Å². The number of nitrogens with zero attached hydrogens (tertiary/aromatic N) is 2. The van der Waals surface area contributed by atoms with Crippen LogP contribution in [0.15, 0.2) is 36.4 Å². The van der Waals surface area contributed by atoms with Crippen LogP contribution in [0.3, 0.4) is 0 Å². The molecular formula is C18H24N4O. The van der Waals surface area contributed by atoms with E-state index in [1.54, 1.807) is 13.0 Å². The second-order valence-corrected chi connectivity index (χ2v) is 5.75. The Kier molecular flexibility index (Phi) is 5.68. The van der Waals surface area contributed by atoms with E-state index in [4.69, 9.17) is 0 Å². The molecule has 23 heavy (non-hydrogen) atoms. The molecule has 122 valence electrons. The Bertz CT molecular complexity index is 657. The number of carbonyl (C=O) groups excluding carboxylic acids is 1. The van der Waals surface area contributed by atoms with Gasteiger partial charge in [0.05, 0.1) is 0 Å². The second kappa shape index (κ2) is 7.72. The summed E-state index contributed by atoms with van der Waals surface area (Å²) in [6.45, 7) is 7.86. The van der Waals surface area contributed by atoms with Gasteiger partial charge in [-0.15, -0.1) is 0 Å². The maximum Gasteiger partial charge on any atom is 0.270 e. The third-order valence-electron chi connectivity index (χ3n) is 3.72. The molecule has 2 N–H and O–H groups in total. The van der Waals surface area contributed by atoms with Gasteiger partial charge < -0.3 is 10.6 Å². The van der Waals surface area contributed by atoms with Crippen LogP contribution >= 0.6 is 0 Å². The monoisotopic (exact) mass is 312 g/mol. The van der Waals surface area contributed by atoms with Crippen molar-refractivity contribution >= 4 is 11.7 Å². The normalized spacial score (nSPS) is 13.2. The molecule has 2 rings (SSSR count). The van der Waals surface area contributed by atoms with Crippen LogP contribution in [0.25, 0.3) is 0 Å². The molecule has 0 bridgehead atoms. The molecule has 2 unspecified atom stereocenters. The molecule has 2 aromatic rings. The summed E-state index contributed by atoms with van der Waals surface area (Å²) >= 11 is 0. The van der Waals surface area contributed by atoms with Crippen molar-refractivity contribution in [2.75, 3.05) is 5.32 Å². The first kappa shape index (κ1) is 16.9. The Morgan fingerprint density at radius 1 is 1.17 bits per heavy atom. The van der Waals surface area contributed by atoms with Crippen LogP contribution in [0.5, 0.6) is 0 Å². The van der Waals surface area contributed by atoms with E-state index in [0.717, 1.165) is 12.0 Å². The zero-order chi connectivity index (χ0) is 16.8. The van der Waals surface area contributed by atoms with E-state index in [0.29, 0.717) is 17.3 Å². The van der Waals surface area contributed by atoms with Crippen LogP contribution in [0.2, 0.25) is 0 Å². The number of nitrogens with one attached hydrogen (secondary N) is 2. The lowest BCUT2D eigenvalue weighted by Gasteiger charge is -2.16. The van der Waals surface area contributed by atoms with Gasteiger partial charge in [-0.25, -0.2) is 9.97 Å². The largest absolute Gasteiger partial charge is 0.363 e. The Morgan fingerprint density at radius 3 is 2.52 bits per heavy atom. The van der Waals surface area contributed by atoms with Gasteiger partial charge in [0, 0.05) is 18.2 Å². The van der Waals surface area contributed by atoms with E-state index in [-0.39, 0.29) is 18.0 Å². The van der Waals surface area contributed by atoms with Gasteiger partial charge in [0.25, 0.3) is 5.91 Å². The number of amides is 1. The highest BCUT2D eigenvalue weighted by Crippen LogP contribution is 2.18. The predicted octanol–water partition coefficient (Wildman–Crippen LogP) is 3.49. The first-order chi connectivity index (χ1) is 11.0. The minimum absolute atomic E-state index is 0.0935. The zero-order valence-corrected chi connectivity index (χ0v) is 14.1. The minimum atomic E-state index is -0.166. The number of benzene rings is 1. The molecule has 1 amide bonds. The van der Waals surface area contributed by atoms with E-state index in [1.807, 2.05) is 32.0 Å². The Morgan fingerprint density at radius 2 is 1.87 bits per heavy atom. The summed E-state index contributed by atoms with van der Waals surface area (Å²) in [6, 6.07) is 12.0. The van der Waals surface area contributed by atoms with E-state index in [2.05, 4.69) is 39.7 Å². The molecule has 5 nitrogen and oxygen atoms in total. The van der Waals surface area contributed by atoms with Gasteiger partial charge in [-0.1, -0.05) is 37.3 Å². The second-order valence-electron chi connectivity index (χ2n) is 5.75. The zero-order valence-electron chi connectivity index (χ0n) is 14.1. The maximum atomic E-state index is 12.2. The van der Waals surface area contributed by atoms with Gasteiger partial charge >= 0.3 is 0 Å². The van der Waals surface area contributed by atoms with Crippen molar-refractivity contribution in [2.24, 2.45) is 0 Å². The fourth-order valence-corrected chi connectivity index (χ4v) is 2.20. The van der Waals surface area contributed by atoms with Gasteiger partial charge in [0.1, 0.15) is 17.3 Å². The number of carbonyl (C=O) groups is 1. The Balaban J connectivity index is 2.15. The third-order valence-corrected chi connectivity index (χ3v) is 3.72. The molecule has 0 aliphatic rings.